The molecule has 0 radical (unpaired) electrons. The quantitative estimate of drug-likeness (QED) is 0.565. The number of ether oxygens (including phenoxy) is 1. The summed E-state index contributed by atoms with van der Waals surface area (Å²) >= 11 is 0. The second-order valence-electron chi connectivity index (χ2n) is 6.30. The summed E-state index contributed by atoms with van der Waals surface area (Å²) in [5, 5.41) is 6.72. The normalized spacial score (nSPS) is 11.3. The van der Waals surface area contributed by atoms with Gasteiger partial charge in [-0.2, -0.15) is 0 Å². The fraction of sp³-hybridized carbons (Fsp3) is 0.429. The molecule has 0 saturated heterocycles. The summed E-state index contributed by atoms with van der Waals surface area (Å²) in [6.45, 7) is 8.66. The van der Waals surface area contributed by atoms with Crippen LogP contribution in [0.15, 0.2) is 41.7 Å². The van der Waals surface area contributed by atoms with Crippen molar-refractivity contribution in [3.63, 3.8) is 0 Å². The van der Waals surface area contributed by atoms with Gasteiger partial charge in [-0.25, -0.2) is 0 Å². The Labute approximate surface area is 156 Å². The highest BCUT2D eigenvalue weighted by atomic mass is 16.5. The summed E-state index contributed by atoms with van der Waals surface area (Å²) < 4.78 is 5.45. The molecule has 0 aliphatic carbocycles. The molecular weight excluding hydrogens is 324 g/mol. The summed E-state index contributed by atoms with van der Waals surface area (Å²) in [5.41, 5.74) is 4.97. The molecule has 1 aromatic carbocycles. The number of pyridine rings is 1. The van der Waals surface area contributed by atoms with E-state index in [9.17, 15) is 0 Å². The molecule has 0 aliphatic rings. The molecule has 5 nitrogen and oxygen atoms in total. The van der Waals surface area contributed by atoms with Crippen LogP contribution in [0.25, 0.3) is 0 Å². The minimum absolute atomic E-state index is 0.744. The van der Waals surface area contributed by atoms with E-state index >= 15 is 0 Å². The van der Waals surface area contributed by atoms with Gasteiger partial charge in [0, 0.05) is 32.0 Å². The molecule has 0 spiro atoms. The van der Waals surface area contributed by atoms with Crippen LogP contribution >= 0.6 is 0 Å². The van der Waals surface area contributed by atoms with Gasteiger partial charge < -0.3 is 15.4 Å². The van der Waals surface area contributed by atoms with E-state index in [1.807, 2.05) is 18.5 Å². The van der Waals surface area contributed by atoms with Crippen molar-refractivity contribution < 1.29 is 4.74 Å². The van der Waals surface area contributed by atoms with E-state index in [0.717, 1.165) is 44.2 Å². The third-order valence-electron chi connectivity index (χ3n) is 4.25. The van der Waals surface area contributed by atoms with Crippen molar-refractivity contribution in [3.8, 4) is 5.75 Å². The van der Waals surface area contributed by atoms with Crippen molar-refractivity contribution in [2.24, 2.45) is 4.99 Å². The first-order valence-corrected chi connectivity index (χ1v) is 9.19. The maximum Gasteiger partial charge on any atom is 0.191 e. The molecule has 1 heterocycles. The summed E-state index contributed by atoms with van der Waals surface area (Å²) in [7, 11) is 1.72. The third kappa shape index (κ3) is 6.06. The molecule has 2 N–H and O–H groups in total. The van der Waals surface area contributed by atoms with E-state index in [0.29, 0.717) is 0 Å². The summed E-state index contributed by atoms with van der Waals surface area (Å²) in [6.07, 6.45) is 5.54. The van der Waals surface area contributed by atoms with E-state index in [2.05, 4.69) is 59.6 Å². The fourth-order valence-electron chi connectivity index (χ4n) is 2.83. The lowest BCUT2D eigenvalue weighted by molar-refractivity contribution is 0.409. The van der Waals surface area contributed by atoms with E-state index in [1.165, 1.54) is 22.3 Å². The zero-order valence-corrected chi connectivity index (χ0v) is 16.3. The van der Waals surface area contributed by atoms with Gasteiger partial charge in [-0.3, -0.25) is 9.98 Å². The van der Waals surface area contributed by atoms with Gasteiger partial charge in [0.25, 0.3) is 0 Å². The lowest BCUT2D eigenvalue weighted by Crippen LogP contribution is -2.38. The van der Waals surface area contributed by atoms with E-state index in [1.54, 1.807) is 7.11 Å². The van der Waals surface area contributed by atoms with E-state index in [-0.39, 0.29) is 0 Å². The number of nitrogens with one attached hydrogen (secondary N) is 2. The Kier molecular flexibility index (Phi) is 7.93. The number of aliphatic imine (C=N–C) groups is 1. The third-order valence-corrected chi connectivity index (χ3v) is 4.25. The predicted molar refractivity (Wildman–Crippen MR) is 108 cm³/mol. The van der Waals surface area contributed by atoms with Crippen LogP contribution in [0, 0.1) is 13.8 Å². The standard InChI is InChI=1S/C21H30N4O/c1-5-23-21(24-12-9-18-8-11-22-15-17(18)3)25-13-10-19-14-16(2)6-7-20(19)26-4/h6-8,11,14-15H,5,9-10,12-13H2,1-4H3,(H2,23,24,25). The zero-order chi connectivity index (χ0) is 18.8. The largest absolute Gasteiger partial charge is 0.496 e. The Morgan fingerprint density at radius 3 is 2.69 bits per heavy atom. The smallest absolute Gasteiger partial charge is 0.191 e. The van der Waals surface area contributed by atoms with Gasteiger partial charge in [0.1, 0.15) is 5.75 Å². The highest BCUT2D eigenvalue weighted by Gasteiger charge is 2.04. The van der Waals surface area contributed by atoms with E-state index < -0.39 is 0 Å². The van der Waals surface area contributed by atoms with Crippen molar-refractivity contribution in [2.45, 2.75) is 33.6 Å². The van der Waals surface area contributed by atoms with Crippen molar-refractivity contribution in [1.29, 1.82) is 0 Å². The molecule has 0 fully saturated rings. The number of hydrogen-bond acceptors (Lipinski definition) is 3. The Hall–Kier alpha value is -2.56. The van der Waals surface area contributed by atoms with Crippen LogP contribution in [-0.4, -0.2) is 37.7 Å². The van der Waals surface area contributed by atoms with Crippen molar-refractivity contribution in [1.82, 2.24) is 15.6 Å². The van der Waals surface area contributed by atoms with Gasteiger partial charge in [0.15, 0.2) is 5.96 Å². The molecule has 5 heteroatoms. The Bertz CT molecular complexity index is 728. The highest BCUT2D eigenvalue weighted by molar-refractivity contribution is 5.79. The Morgan fingerprint density at radius 1 is 1.12 bits per heavy atom. The van der Waals surface area contributed by atoms with Crippen LogP contribution in [0.5, 0.6) is 5.75 Å². The summed E-state index contributed by atoms with van der Waals surface area (Å²) in [6, 6.07) is 8.34. The molecule has 0 aliphatic heterocycles. The highest BCUT2D eigenvalue weighted by Crippen LogP contribution is 2.19. The van der Waals surface area contributed by atoms with Crippen LogP contribution in [0.3, 0.4) is 0 Å². The maximum atomic E-state index is 5.45. The lowest BCUT2D eigenvalue weighted by atomic mass is 10.1. The number of nitrogens with zero attached hydrogens (tertiary/aromatic N) is 2. The second-order valence-corrected chi connectivity index (χ2v) is 6.30. The molecule has 0 saturated carbocycles. The molecule has 2 rings (SSSR count). The van der Waals surface area contributed by atoms with Crippen LogP contribution in [0.4, 0.5) is 0 Å². The molecule has 1 aromatic heterocycles. The van der Waals surface area contributed by atoms with Gasteiger partial charge in [0.2, 0.25) is 0 Å². The number of benzene rings is 1. The van der Waals surface area contributed by atoms with Crippen molar-refractivity contribution in [3.05, 3.63) is 58.9 Å². The minimum Gasteiger partial charge on any atom is -0.496 e. The molecule has 140 valence electrons. The Balaban J connectivity index is 1.89. The topological polar surface area (TPSA) is 58.5 Å². The molecule has 0 atom stereocenters. The van der Waals surface area contributed by atoms with Gasteiger partial charge in [-0.15, -0.1) is 0 Å². The summed E-state index contributed by atoms with van der Waals surface area (Å²) in [5.74, 6) is 1.79. The van der Waals surface area contributed by atoms with Crippen LogP contribution in [0.2, 0.25) is 0 Å². The first-order valence-electron chi connectivity index (χ1n) is 9.19. The average molecular weight is 354 g/mol. The zero-order valence-electron chi connectivity index (χ0n) is 16.3. The number of aromatic nitrogens is 1. The molecule has 26 heavy (non-hydrogen) atoms. The van der Waals surface area contributed by atoms with Gasteiger partial charge in [-0.1, -0.05) is 17.7 Å². The number of methoxy groups -OCH3 is 1. The van der Waals surface area contributed by atoms with Crippen molar-refractivity contribution >= 4 is 5.96 Å². The van der Waals surface area contributed by atoms with Crippen LogP contribution < -0.4 is 15.4 Å². The SMILES string of the molecule is CCNC(=NCCc1ccncc1C)NCCc1cc(C)ccc1OC. The molecular formula is C21H30N4O. The first-order chi connectivity index (χ1) is 12.6. The average Bonchev–Trinajstić information content (AvgIpc) is 2.63. The maximum absolute atomic E-state index is 5.45. The van der Waals surface area contributed by atoms with Crippen LogP contribution in [-0.2, 0) is 12.8 Å². The molecule has 0 amide bonds. The molecule has 0 unspecified atom stereocenters. The number of guanidine groups is 1. The first kappa shape index (κ1) is 19.8. The fourth-order valence-corrected chi connectivity index (χ4v) is 2.83. The lowest BCUT2D eigenvalue weighted by Gasteiger charge is -2.13. The number of hydrogen-bond donors (Lipinski definition) is 2. The van der Waals surface area contributed by atoms with Crippen molar-refractivity contribution in [2.75, 3.05) is 26.7 Å². The monoisotopic (exact) mass is 354 g/mol. The second kappa shape index (κ2) is 10.4. The Morgan fingerprint density at radius 2 is 1.96 bits per heavy atom. The summed E-state index contributed by atoms with van der Waals surface area (Å²) in [4.78, 5) is 8.82. The molecule has 2 aromatic rings. The van der Waals surface area contributed by atoms with Gasteiger partial charge in [-0.05, 0) is 62.4 Å². The van der Waals surface area contributed by atoms with Crippen LogP contribution in [0.1, 0.15) is 29.2 Å². The number of aryl methyl sites for hydroxylation is 2. The van der Waals surface area contributed by atoms with Gasteiger partial charge >= 0.3 is 0 Å². The minimum atomic E-state index is 0.744. The van der Waals surface area contributed by atoms with Gasteiger partial charge in [0.05, 0.1) is 7.11 Å². The number of rotatable bonds is 8. The van der Waals surface area contributed by atoms with E-state index in [4.69, 9.17) is 4.74 Å². The predicted octanol–water partition coefficient (Wildman–Crippen LogP) is 3.05. The molecule has 0 bridgehead atoms.